The van der Waals surface area contributed by atoms with Gasteiger partial charge in [0.25, 0.3) is 5.91 Å². The van der Waals surface area contributed by atoms with Gasteiger partial charge in [-0.05, 0) is 62.7 Å². The van der Waals surface area contributed by atoms with E-state index in [-0.39, 0.29) is 24.5 Å². The number of piperidine rings is 1. The largest absolute Gasteiger partial charge is 0.365 e. The Kier molecular flexibility index (Phi) is 6.67. The number of amides is 2. The van der Waals surface area contributed by atoms with Crippen LogP contribution in [0.15, 0.2) is 18.3 Å². The number of nitrogens with zero attached hydrogens (tertiary/aromatic N) is 3. The van der Waals surface area contributed by atoms with Crippen LogP contribution < -0.4 is 5.32 Å². The third-order valence-corrected chi connectivity index (χ3v) is 6.29. The van der Waals surface area contributed by atoms with Crippen LogP contribution in [0.1, 0.15) is 36.2 Å². The maximum atomic E-state index is 12.3. The van der Waals surface area contributed by atoms with Crippen LogP contribution in [-0.4, -0.2) is 78.6 Å². The molecule has 0 spiro atoms. The lowest BCUT2D eigenvalue weighted by molar-refractivity contribution is -0.149. The van der Waals surface area contributed by atoms with Crippen LogP contribution in [0.4, 0.5) is 0 Å². The predicted octanol–water partition coefficient (Wildman–Crippen LogP) is 1.81. The third-order valence-electron chi connectivity index (χ3n) is 6.07. The summed E-state index contributed by atoms with van der Waals surface area (Å²) in [5.74, 6) is 1.27. The molecule has 1 aromatic heterocycles. The Morgan fingerprint density at radius 1 is 1.17 bits per heavy atom. The maximum Gasteiger partial charge on any atom is 0.269 e. The summed E-state index contributed by atoms with van der Waals surface area (Å²) in [5.41, 5.74) is 0.316. The van der Waals surface area contributed by atoms with Crippen molar-refractivity contribution >= 4 is 23.4 Å². The minimum Gasteiger partial charge on any atom is -0.365 e. The molecule has 0 radical (unpaired) electrons. The second kappa shape index (κ2) is 9.41. The number of likely N-dealkylation sites (tertiary alicyclic amines) is 1. The highest BCUT2D eigenvalue weighted by Crippen LogP contribution is 2.31. The molecule has 2 amide bonds. The molecule has 3 fully saturated rings. The van der Waals surface area contributed by atoms with Crippen molar-refractivity contribution in [3.8, 4) is 0 Å². The second-order valence-electron chi connectivity index (χ2n) is 8.49. The van der Waals surface area contributed by atoms with E-state index in [2.05, 4.69) is 15.2 Å². The van der Waals surface area contributed by atoms with E-state index >= 15 is 0 Å². The fraction of sp³-hybridized carbons (Fsp3) is 0.667. The van der Waals surface area contributed by atoms with E-state index in [1.54, 1.807) is 12.1 Å². The Morgan fingerprint density at radius 2 is 1.93 bits per heavy atom. The molecule has 7 nitrogen and oxygen atoms in total. The average Bonchev–Trinajstić information content (AvgIpc) is 3.54. The van der Waals surface area contributed by atoms with Crippen molar-refractivity contribution in [3.05, 3.63) is 29.0 Å². The molecule has 1 saturated carbocycles. The van der Waals surface area contributed by atoms with E-state index in [0.29, 0.717) is 29.7 Å². The fourth-order valence-corrected chi connectivity index (χ4v) is 4.23. The first-order valence-electron chi connectivity index (χ1n) is 10.6. The topological polar surface area (TPSA) is 74.8 Å². The molecule has 1 atom stereocenters. The number of ether oxygens (including phenoxy) is 1. The van der Waals surface area contributed by atoms with Crippen LogP contribution in [0, 0.1) is 11.8 Å². The molecule has 0 unspecified atom stereocenters. The molecule has 29 heavy (non-hydrogen) atoms. The van der Waals surface area contributed by atoms with Crippen LogP contribution in [0.5, 0.6) is 0 Å². The van der Waals surface area contributed by atoms with Crippen LogP contribution in [0.2, 0.25) is 5.02 Å². The molecule has 0 bridgehead atoms. The normalized spacial score (nSPS) is 24.0. The van der Waals surface area contributed by atoms with E-state index in [1.165, 1.54) is 25.6 Å². The molecule has 2 aliphatic heterocycles. The highest BCUT2D eigenvalue weighted by Gasteiger charge is 2.31. The molecule has 8 heteroatoms. The molecule has 3 heterocycles. The summed E-state index contributed by atoms with van der Waals surface area (Å²) in [6.45, 7) is 5.30. The van der Waals surface area contributed by atoms with Gasteiger partial charge in [-0.2, -0.15) is 0 Å². The van der Waals surface area contributed by atoms with Crippen molar-refractivity contribution in [3.63, 3.8) is 0 Å². The van der Waals surface area contributed by atoms with Gasteiger partial charge >= 0.3 is 0 Å². The summed E-state index contributed by atoms with van der Waals surface area (Å²) in [5, 5.41) is 3.33. The third kappa shape index (κ3) is 5.90. The first kappa shape index (κ1) is 20.6. The lowest BCUT2D eigenvalue weighted by atomic mass is 9.95. The number of morpholine rings is 1. The van der Waals surface area contributed by atoms with Gasteiger partial charge < -0.3 is 19.9 Å². The van der Waals surface area contributed by atoms with Crippen molar-refractivity contribution in [1.82, 2.24) is 20.1 Å². The lowest BCUT2D eigenvalue weighted by Crippen LogP contribution is -2.52. The minimum absolute atomic E-state index is 0.0485. The standard InChI is InChI=1S/C21H29ClN4O3/c22-17-3-4-19(23-9-17)21(28)24-10-18-13-26(20(27)14-29-18)12-16-5-7-25(8-6-16)11-15-1-2-15/h3-4,9,15-16,18H,1-2,5-8,10-14H2,(H,24,28)/t18-/m0/s1. The molecular formula is C21H29ClN4O3. The lowest BCUT2D eigenvalue weighted by Gasteiger charge is -2.38. The zero-order chi connectivity index (χ0) is 20.2. The molecule has 0 aromatic carbocycles. The minimum atomic E-state index is -0.267. The van der Waals surface area contributed by atoms with Crippen molar-refractivity contribution in [2.75, 3.05) is 45.9 Å². The number of nitrogens with one attached hydrogen (secondary N) is 1. The summed E-state index contributed by atoms with van der Waals surface area (Å²) in [6, 6.07) is 3.22. The Hall–Kier alpha value is -1.70. The molecule has 4 rings (SSSR count). The van der Waals surface area contributed by atoms with Crippen LogP contribution in [0.25, 0.3) is 0 Å². The molecule has 2 saturated heterocycles. The van der Waals surface area contributed by atoms with Gasteiger partial charge in [-0.25, -0.2) is 4.98 Å². The average molecular weight is 421 g/mol. The van der Waals surface area contributed by atoms with E-state index in [9.17, 15) is 9.59 Å². The number of pyridine rings is 1. The Morgan fingerprint density at radius 3 is 2.62 bits per heavy atom. The molecule has 1 aliphatic carbocycles. The molecule has 158 valence electrons. The molecule has 3 aliphatic rings. The van der Waals surface area contributed by atoms with Gasteiger partial charge in [0.15, 0.2) is 0 Å². The number of rotatable bonds is 7. The van der Waals surface area contributed by atoms with E-state index in [1.807, 2.05) is 4.90 Å². The van der Waals surface area contributed by atoms with E-state index in [0.717, 1.165) is 38.4 Å². The predicted molar refractivity (Wildman–Crippen MR) is 110 cm³/mol. The summed E-state index contributed by atoms with van der Waals surface area (Å²) in [6.07, 6.45) is 6.35. The van der Waals surface area contributed by atoms with Crippen molar-refractivity contribution < 1.29 is 14.3 Å². The number of carbonyl (C=O) groups excluding carboxylic acids is 2. The molecule has 1 N–H and O–H groups in total. The number of carbonyl (C=O) groups is 2. The first-order chi connectivity index (χ1) is 14.1. The van der Waals surface area contributed by atoms with E-state index < -0.39 is 0 Å². The van der Waals surface area contributed by atoms with Crippen molar-refractivity contribution in [1.29, 1.82) is 0 Å². The number of halogens is 1. The quantitative estimate of drug-likeness (QED) is 0.728. The first-order valence-corrected chi connectivity index (χ1v) is 11.0. The van der Waals surface area contributed by atoms with Gasteiger partial charge in [0, 0.05) is 32.4 Å². The summed E-state index contributed by atoms with van der Waals surface area (Å²) in [4.78, 5) is 33.0. The highest BCUT2D eigenvalue weighted by molar-refractivity contribution is 6.30. The SMILES string of the molecule is O=C(NC[C@H]1CN(CC2CCN(CC3CC3)CC2)C(=O)CO1)c1ccc(Cl)cn1. The van der Waals surface area contributed by atoms with Gasteiger partial charge in [-0.3, -0.25) is 9.59 Å². The number of hydrogen-bond donors (Lipinski definition) is 1. The summed E-state index contributed by atoms with van der Waals surface area (Å²) >= 11 is 5.80. The van der Waals surface area contributed by atoms with Gasteiger partial charge in [0.1, 0.15) is 12.3 Å². The number of aromatic nitrogens is 1. The van der Waals surface area contributed by atoms with Gasteiger partial charge in [-0.1, -0.05) is 11.6 Å². The Labute approximate surface area is 176 Å². The molecule has 1 aromatic rings. The van der Waals surface area contributed by atoms with E-state index in [4.69, 9.17) is 16.3 Å². The van der Waals surface area contributed by atoms with Gasteiger partial charge in [-0.15, -0.1) is 0 Å². The monoisotopic (exact) mass is 420 g/mol. The molecular weight excluding hydrogens is 392 g/mol. The summed E-state index contributed by atoms with van der Waals surface area (Å²) < 4.78 is 5.63. The van der Waals surface area contributed by atoms with Crippen LogP contribution >= 0.6 is 11.6 Å². The van der Waals surface area contributed by atoms with Crippen molar-refractivity contribution in [2.24, 2.45) is 11.8 Å². The fourth-order valence-electron chi connectivity index (χ4n) is 4.12. The highest BCUT2D eigenvalue weighted by atomic mass is 35.5. The van der Waals surface area contributed by atoms with Gasteiger partial charge in [0.2, 0.25) is 5.91 Å². The Balaban J connectivity index is 1.21. The maximum absolute atomic E-state index is 12.3. The Bertz CT molecular complexity index is 717. The van der Waals surface area contributed by atoms with Crippen molar-refractivity contribution in [2.45, 2.75) is 31.8 Å². The van der Waals surface area contributed by atoms with Crippen LogP contribution in [-0.2, 0) is 9.53 Å². The van der Waals surface area contributed by atoms with Crippen LogP contribution in [0.3, 0.4) is 0 Å². The summed E-state index contributed by atoms with van der Waals surface area (Å²) in [7, 11) is 0. The van der Waals surface area contributed by atoms with Gasteiger partial charge in [0.05, 0.1) is 11.1 Å². The second-order valence-corrected chi connectivity index (χ2v) is 8.93. The smallest absolute Gasteiger partial charge is 0.269 e. The zero-order valence-electron chi connectivity index (χ0n) is 16.7. The zero-order valence-corrected chi connectivity index (χ0v) is 17.4. The number of hydrogen-bond acceptors (Lipinski definition) is 5.